The molecule has 0 spiro atoms. The van der Waals surface area contributed by atoms with Gasteiger partial charge in [-0.05, 0) is 63.1 Å². The molecule has 1 N–H and O–H groups in total. The second kappa shape index (κ2) is 10.2. The van der Waals surface area contributed by atoms with Gasteiger partial charge in [0.05, 0.1) is 19.4 Å². The molecule has 1 aromatic carbocycles. The average molecular weight is 498 g/mol. The number of methoxy groups -OCH3 is 1. The van der Waals surface area contributed by atoms with Crippen molar-refractivity contribution in [3.63, 3.8) is 0 Å². The first-order valence-corrected chi connectivity index (χ1v) is 13.1. The number of ether oxygens (including phenoxy) is 2. The number of nitrogens with zero attached hydrogens (tertiary/aromatic N) is 4. The fraction of sp³-hybridized carbons (Fsp3) is 0.520. The zero-order valence-corrected chi connectivity index (χ0v) is 21.0. The number of benzene rings is 1. The number of nitrogens with one attached hydrogen (secondary N) is 1. The lowest BCUT2D eigenvalue weighted by Crippen LogP contribution is -2.40. The van der Waals surface area contributed by atoms with Gasteiger partial charge in [-0.3, -0.25) is 9.59 Å². The maximum absolute atomic E-state index is 12.9. The van der Waals surface area contributed by atoms with Crippen LogP contribution in [0.2, 0.25) is 0 Å². The van der Waals surface area contributed by atoms with Gasteiger partial charge < -0.3 is 19.7 Å². The summed E-state index contributed by atoms with van der Waals surface area (Å²) in [6.45, 7) is 4.39. The number of amides is 1. The molecule has 0 saturated carbocycles. The van der Waals surface area contributed by atoms with Crippen molar-refractivity contribution in [3.8, 4) is 11.5 Å². The number of carbonyl (C=O) groups is 1. The number of anilines is 1. The van der Waals surface area contributed by atoms with Crippen molar-refractivity contribution < 1.29 is 14.3 Å². The molecular formula is C25H31N5O4S. The van der Waals surface area contributed by atoms with E-state index in [1.54, 1.807) is 7.11 Å². The molecule has 0 bridgehead atoms. The Kier molecular flexibility index (Phi) is 6.90. The quantitative estimate of drug-likeness (QED) is 0.536. The Balaban J connectivity index is 1.19. The number of rotatable bonds is 7. The molecule has 1 aliphatic carbocycles. The van der Waals surface area contributed by atoms with Gasteiger partial charge in [0.15, 0.2) is 11.5 Å². The van der Waals surface area contributed by atoms with Gasteiger partial charge >= 0.3 is 0 Å². The van der Waals surface area contributed by atoms with Crippen molar-refractivity contribution in [3.05, 3.63) is 45.4 Å². The van der Waals surface area contributed by atoms with Crippen LogP contribution in [0.3, 0.4) is 0 Å². The molecule has 1 aliphatic heterocycles. The minimum Gasteiger partial charge on any atom is -0.493 e. The van der Waals surface area contributed by atoms with Crippen LogP contribution >= 0.6 is 11.3 Å². The third-order valence-electron chi connectivity index (χ3n) is 6.80. The highest BCUT2D eigenvalue weighted by molar-refractivity contribution is 7.20. The number of aromatic nitrogens is 3. The fourth-order valence-electron chi connectivity index (χ4n) is 4.85. The van der Waals surface area contributed by atoms with Crippen LogP contribution in [0, 0.1) is 5.92 Å². The van der Waals surface area contributed by atoms with E-state index in [1.807, 2.05) is 25.1 Å². The van der Waals surface area contributed by atoms with E-state index in [0.29, 0.717) is 29.6 Å². The summed E-state index contributed by atoms with van der Waals surface area (Å²) in [5.41, 5.74) is 2.71. The predicted molar refractivity (Wildman–Crippen MR) is 135 cm³/mol. The Morgan fingerprint density at radius 1 is 1.20 bits per heavy atom. The molecule has 10 heteroatoms. The first-order valence-electron chi connectivity index (χ1n) is 12.3. The molecule has 0 unspecified atom stereocenters. The van der Waals surface area contributed by atoms with Crippen LogP contribution in [0.25, 0.3) is 4.96 Å². The van der Waals surface area contributed by atoms with Crippen LogP contribution < -0.4 is 25.2 Å². The summed E-state index contributed by atoms with van der Waals surface area (Å²) in [6.07, 6.45) is 5.28. The summed E-state index contributed by atoms with van der Waals surface area (Å²) in [5, 5.41) is 8.46. The SMILES string of the molecule is CCOc1ccc(CNC(=O)C2CCN(c3nn4c(=O)c5c(nc4s3)CCCC5)CC2)cc1OC. The van der Waals surface area contributed by atoms with Crippen molar-refractivity contribution in [2.45, 2.75) is 52.0 Å². The van der Waals surface area contributed by atoms with Gasteiger partial charge in [-0.15, -0.1) is 5.10 Å². The molecule has 0 atom stereocenters. The number of piperidine rings is 1. The predicted octanol–water partition coefficient (Wildman–Crippen LogP) is 2.97. The zero-order valence-electron chi connectivity index (χ0n) is 20.2. The number of aryl methyl sites for hydroxylation is 1. The molecule has 186 valence electrons. The van der Waals surface area contributed by atoms with Gasteiger partial charge in [0.2, 0.25) is 16.0 Å². The van der Waals surface area contributed by atoms with Crippen molar-refractivity contribution in [2.75, 3.05) is 31.7 Å². The Bertz CT molecular complexity index is 1280. The zero-order chi connectivity index (χ0) is 24.4. The first-order chi connectivity index (χ1) is 17.1. The molecule has 0 radical (unpaired) electrons. The lowest BCUT2D eigenvalue weighted by Gasteiger charge is -2.30. The van der Waals surface area contributed by atoms with Crippen LogP contribution in [0.1, 0.15) is 49.4 Å². The Morgan fingerprint density at radius 2 is 2.00 bits per heavy atom. The second-order valence-electron chi connectivity index (χ2n) is 9.03. The molecule has 3 aromatic rings. The van der Waals surface area contributed by atoms with Gasteiger partial charge in [-0.1, -0.05) is 17.4 Å². The molecule has 2 aliphatic rings. The summed E-state index contributed by atoms with van der Waals surface area (Å²) in [7, 11) is 1.61. The monoisotopic (exact) mass is 497 g/mol. The van der Waals surface area contributed by atoms with Crippen LogP contribution in [-0.2, 0) is 24.2 Å². The van der Waals surface area contributed by atoms with E-state index >= 15 is 0 Å². The molecule has 9 nitrogen and oxygen atoms in total. The highest BCUT2D eigenvalue weighted by atomic mass is 32.1. The van der Waals surface area contributed by atoms with Crippen molar-refractivity contribution in [1.29, 1.82) is 0 Å². The summed E-state index contributed by atoms with van der Waals surface area (Å²) < 4.78 is 12.4. The van der Waals surface area contributed by atoms with Gasteiger partial charge in [-0.25, -0.2) is 4.98 Å². The topological polar surface area (TPSA) is 98.1 Å². The van der Waals surface area contributed by atoms with Crippen molar-refractivity contribution in [1.82, 2.24) is 19.9 Å². The van der Waals surface area contributed by atoms with Crippen molar-refractivity contribution in [2.24, 2.45) is 5.92 Å². The van der Waals surface area contributed by atoms with E-state index in [9.17, 15) is 9.59 Å². The Morgan fingerprint density at radius 3 is 2.77 bits per heavy atom. The Labute approximate surface area is 208 Å². The molecule has 2 aromatic heterocycles. The Hall–Kier alpha value is -3.14. The minimum atomic E-state index is -0.0432. The van der Waals surface area contributed by atoms with E-state index in [0.717, 1.165) is 73.6 Å². The maximum atomic E-state index is 12.9. The molecule has 5 rings (SSSR count). The highest BCUT2D eigenvalue weighted by Crippen LogP contribution is 2.29. The highest BCUT2D eigenvalue weighted by Gasteiger charge is 2.27. The smallest absolute Gasteiger partial charge is 0.278 e. The van der Waals surface area contributed by atoms with Gasteiger partial charge in [0.25, 0.3) is 5.56 Å². The molecule has 3 heterocycles. The van der Waals surface area contributed by atoms with Crippen LogP contribution in [0.15, 0.2) is 23.0 Å². The second-order valence-corrected chi connectivity index (χ2v) is 9.96. The van der Waals surface area contributed by atoms with Crippen LogP contribution in [0.5, 0.6) is 11.5 Å². The van der Waals surface area contributed by atoms with Gasteiger partial charge in [0, 0.05) is 31.1 Å². The largest absolute Gasteiger partial charge is 0.493 e. The molecule has 1 fully saturated rings. The number of carbonyl (C=O) groups excluding carboxylic acids is 1. The minimum absolute atomic E-state index is 0.0209. The van der Waals surface area contributed by atoms with Crippen LogP contribution in [0.4, 0.5) is 5.13 Å². The van der Waals surface area contributed by atoms with Crippen LogP contribution in [-0.4, -0.2) is 47.3 Å². The van der Waals surface area contributed by atoms with Crippen molar-refractivity contribution >= 4 is 27.3 Å². The summed E-state index contributed by atoms with van der Waals surface area (Å²) in [4.78, 5) is 33.2. The molecule has 35 heavy (non-hydrogen) atoms. The molecule has 1 saturated heterocycles. The third kappa shape index (κ3) is 4.84. The average Bonchev–Trinajstić information content (AvgIpc) is 3.33. The summed E-state index contributed by atoms with van der Waals surface area (Å²) >= 11 is 1.46. The lowest BCUT2D eigenvalue weighted by molar-refractivity contribution is -0.125. The summed E-state index contributed by atoms with van der Waals surface area (Å²) in [5.74, 6) is 1.38. The fourth-order valence-corrected chi connectivity index (χ4v) is 5.82. The normalized spacial score (nSPS) is 16.2. The molecular weight excluding hydrogens is 466 g/mol. The first kappa shape index (κ1) is 23.6. The van der Waals surface area contributed by atoms with E-state index in [1.165, 1.54) is 15.9 Å². The van der Waals surface area contributed by atoms with Gasteiger partial charge in [0.1, 0.15) is 0 Å². The third-order valence-corrected chi connectivity index (χ3v) is 7.77. The molecule has 1 amide bonds. The van der Waals surface area contributed by atoms with E-state index in [4.69, 9.17) is 14.5 Å². The standard InChI is InChI=1S/C25H31N5O4S/c1-3-34-20-9-8-16(14-21(20)33-2)15-26-22(31)17-10-12-29(13-11-17)25-28-30-23(32)18-6-4-5-7-19(18)27-24(30)35-25/h8-9,14,17H,3-7,10-13,15H2,1-2H3,(H,26,31). The van der Waals surface area contributed by atoms with Gasteiger partial charge in [-0.2, -0.15) is 4.52 Å². The maximum Gasteiger partial charge on any atom is 0.278 e. The number of hydrogen-bond donors (Lipinski definition) is 1. The number of hydrogen-bond acceptors (Lipinski definition) is 8. The number of fused-ring (bicyclic) bond motifs is 2. The van der Waals surface area contributed by atoms with E-state index < -0.39 is 0 Å². The lowest BCUT2D eigenvalue weighted by atomic mass is 9.96. The van der Waals surface area contributed by atoms with E-state index in [2.05, 4.69) is 15.3 Å². The summed E-state index contributed by atoms with van der Waals surface area (Å²) in [6, 6.07) is 5.71. The van der Waals surface area contributed by atoms with E-state index in [-0.39, 0.29) is 17.4 Å².